The number of methoxy groups -OCH3 is 1. The van der Waals surface area contributed by atoms with Crippen molar-refractivity contribution in [2.24, 2.45) is 0 Å². The van der Waals surface area contributed by atoms with Crippen molar-refractivity contribution in [2.75, 3.05) is 12.9 Å². The first-order chi connectivity index (χ1) is 9.11. The molecular formula is C16H24O2S. The SMILES string of the molecule is COc1cc(C)cc(C)c1C(O)CSC1CCCC1. The third-order valence-electron chi connectivity index (χ3n) is 3.84. The second kappa shape index (κ2) is 6.67. The maximum absolute atomic E-state index is 10.5. The predicted octanol–water partition coefficient (Wildman–Crippen LogP) is 4.02. The first kappa shape index (κ1) is 14.7. The molecule has 1 fully saturated rings. The molecule has 0 aromatic heterocycles. The van der Waals surface area contributed by atoms with E-state index in [0.29, 0.717) is 0 Å². The molecule has 1 atom stereocenters. The highest BCUT2D eigenvalue weighted by atomic mass is 32.2. The molecule has 0 bridgehead atoms. The van der Waals surface area contributed by atoms with Crippen molar-refractivity contribution in [3.05, 3.63) is 28.8 Å². The molecule has 0 aliphatic heterocycles. The van der Waals surface area contributed by atoms with Crippen LogP contribution in [0.15, 0.2) is 12.1 Å². The fourth-order valence-electron chi connectivity index (χ4n) is 2.90. The Kier molecular flexibility index (Phi) is 5.17. The van der Waals surface area contributed by atoms with E-state index < -0.39 is 6.10 Å². The molecule has 0 amide bonds. The molecule has 19 heavy (non-hydrogen) atoms. The van der Waals surface area contributed by atoms with Crippen LogP contribution in [0.4, 0.5) is 0 Å². The van der Waals surface area contributed by atoms with E-state index in [4.69, 9.17) is 4.74 Å². The van der Waals surface area contributed by atoms with Crippen molar-refractivity contribution < 1.29 is 9.84 Å². The van der Waals surface area contributed by atoms with Crippen molar-refractivity contribution in [1.29, 1.82) is 0 Å². The topological polar surface area (TPSA) is 29.5 Å². The van der Waals surface area contributed by atoms with Gasteiger partial charge in [-0.05, 0) is 43.9 Å². The van der Waals surface area contributed by atoms with E-state index in [1.165, 1.54) is 31.2 Å². The Morgan fingerprint density at radius 2 is 2.00 bits per heavy atom. The molecule has 0 spiro atoms. The zero-order valence-electron chi connectivity index (χ0n) is 12.1. The molecule has 2 nitrogen and oxygen atoms in total. The van der Waals surface area contributed by atoms with Crippen LogP contribution in [0, 0.1) is 13.8 Å². The van der Waals surface area contributed by atoms with Gasteiger partial charge >= 0.3 is 0 Å². The quantitative estimate of drug-likeness (QED) is 0.883. The van der Waals surface area contributed by atoms with Crippen LogP contribution < -0.4 is 4.74 Å². The summed E-state index contributed by atoms with van der Waals surface area (Å²) in [4.78, 5) is 0. The van der Waals surface area contributed by atoms with Gasteiger partial charge in [0.05, 0.1) is 13.2 Å². The van der Waals surface area contributed by atoms with E-state index in [9.17, 15) is 5.11 Å². The lowest BCUT2D eigenvalue weighted by Gasteiger charge is -2.19. The summed E-state index contributed by atoms with van der Waals surface area (Å²) in [6, 6.07) is 4.12. The predicted molar refractivity (Wildman–Crippen MR) is 82.1 cm³/mol. The summed E-state index contributed by atoms with van der Waals surface area (Å²) in [6.45, 7) is 4.10. The molecule has 0 saturated heterocycles. The van der Waals surface area contributed by atoms with E-state index in [1.807, 2.05) is 24.8 Å². The third kappa shape index (κ3) is 3.67. The molecule has 0 heterocycles. The number of thioether (sulfide) groups is 1. The third-order valence-corrected chi connectivity index (χ3v) is 5.29. The Balaban J connectivity index is 2.06. The molecule has 106 valence electrons. The molecule has 1 aromatic rings. The van der Waals surface area contributed by atoms with Gasteiger partial charge in [0, 0.05) is 16.6 Å². The number of hydrogen-bond donors (Lipinski definition) is 1. The average Bonchev–Trinajstić information content (AvgIpc) is 2.88. The van der Waals surface area contributed by atoms with Crippen molar-refractivity contribution in [3.63, 3.8) is 0 Å². The zero-order valence-corrected chi connectivity index (χ0v) is 12.9. The van der Waals surface area contributed by atoms with E-state index in [1.54, 1.807) is 7.11 Å². The Morgan fingerprint density at radius 1 is 1.32 bits per heavy atom. The van der Waals surface area contributed by atoms with Crippen molar-refractivity contribution in [1.82, 2.24) is 0 Å². The summed E-state index contributed by atoms with van der Waals surface area (Å²) in [5.74, 6) is 1.59. The first-order valence-electron chi connectivity index (χ1n) is 7.06. The Morgan fingerprint density at radius 3 is 2.63 bits per heavy atom. The lowest BCUT2D eigenvalue weighted by atomic mass is 10.0. The average molecular weight is 280 g/mol. The maximum atomic E-state index is 10.5. The van der Waals surface area contributed by atoms with Crippen LogP contribution in [0.25, 0.3) is 0 Å². The van der Waals surface area contributed by atoms with Crippen LogP contribution in [-0.4, -0.2) is 23.2 Å². The molecule has 1 unspecified atom stereocenters. The lowest BCUT2D eigenvalue weighted by molar-refractivity contribution is 0.198. The number of ether oxygens (including phenoxy) is 1. The number of aliphatic hydroxyl groups excluding tert-OH is 1. The summed E-state index contributed by atoms with van der Waals surface area (Å²) in [5.41, 5.74) is 3.25. The van der Waals surface area contributed by atoms with Crippen molar-refractivity contribution >= 4 is 11.8 Å². The maximum Gasteiger partial charge on any atom is 0.125 e. The summed E-state index contributed by atoms with van der Waals surface area (Å²) in [6.07, 6.45) is 4.88. The van der Waals surface area contributed by atoms with Gasteiger partial charge in [-0.2, -0.15) is 11.8 Å². The lowest BCUT2D eigenvalue weighted by Crippen LogP contribution is -2.08. The molecule has 1 aromatic carbocycles. The van der Waals surface area contributed by atoms with Crippen LogP contribution in [0.1, 0.15) is 48.5 Å². The normalized spacial score (nSPS) is 17.7. The second-order valence-electron chi connectivity index (χ2n) is 5.45. The standard InChI is InChI=1S/C16H24O2S/c1-11-8-12(2)16(15(9-11)18-3)14(17)10-19-13-6-4-5-7-13/h8-9,13-14,17H,4-7,10H2,1-3H3. The summed E-state index contributed by atoms with van der Waals surface area (Å²) in [7, 11) is 1.68. The number of aliphatic hydroxyl groups is 1. The molecular weight excluding hydrogens is 256 g/mol. The van der Waals surface area contributed by atoms with Gasteiger partial charge < -0.3 is 9.84 Å². The van der Waals surface area contributed by atoms with Gasteiger partial charge in [-0.3, -0.25) is 0 Å². The van der Waals surface area contributed by atoms with Gasteiger partial charge in [0.2, 0.25) is 0 Å². The van der Waals surface area contributed by atoms with Crippen LogP contribution in [-0.2, 0) is 0 Å². The summed E-state index contributed by atoms with van der Waals surface area (Å²) < 4.78 is 5.43. The fourth-order valence-corrected chi connectivity index (χ4v) is 4.19. The second-order valence-corrected chi connectivity index (χ2v) is 6.79. The molecule has 1 N–H and O–H groups in total. The van der Waals surface area contributed by atoms with Gasteiger partial charge in [0.25, 0.3) is 0 Å². The Labute approximate surface area is 120 Å². The van der Waals surface area contributed by atoms with Gasteiger partial charge in [0.15, 0.2) is 0 Å². The Bertz CT molecular complexity index is 425. The van der Waals surface area contributed by atoms with Crippen LogP contribution in [0.3, 0.4) is 0 Å². The monoisotopic (exact) mass is 280 g/mol. The van der Waals surface area contributed by atoms with Crippen LogP contribution in [0.5, 0.6) is 5.75 Å². The minimum Gasteiger partial charge on any atom is -0.496 e. The van der Waals surface area contributed by atoms with Crippen LogP contribution in [0.2, 0.25) is 0 Å². The van der Waals surface area contributed by atoms with E-state index in [2.05, 4.69) is 13.0 Å². The molecule has 1 saturated carbocycles. The highest BCUT2D eigenvalue weighted by molar-refractivity contribution is 7.99. The number of benzene rings is 1. The van der Waals surface area contributed by atoms with E-state index >= 15 is 0 Å². The molecule has 1 aliphatic rings. The highest BCUT2D eigenvalue weighted by Gasteiger charge is 2.21. The largest absolute Gasteiger partial charge is 0.496 e. The van der Waals surface area contributed by atoms with Gasteiger partial charge in [-0.1, -0.05) is 18.9 Å². The van der Waals surface area contributed by atoms with Crippen molar-refractivity contribution in [2.45, 2.75) is 50.9 Å². The zero-order chi connectivity index (χ0) is 13.8. The van der Waals surface area contributed by atoms with E-state index in [0.717, 1.165) is 27.9 Å². The first-order valence-corrected chi connectivity index (χ1v) is 8.11. The van der Waals surface area contributed by atoms with Gasteiger partial charge in [-0.25, -0.2) is 0 Å². The number of rotatable bonds is 5. The molecule has 3 heteroatoms. The van der Waals surface area contributed by atoms with E-state index in [-0.39, 0.29) is 0 Å². The number of aryl methyl sites for hydroxylation is 2. The smallest absolute Gasteiger partial charge is 0.125 e. The summed E-state index contributed by atoms with van der Waals surface area (Å²) >= 11 is 1.91. The van der Waals surface area contributed by atoms with Gasteiger partial charge in [-0.15, -0.1) is 0 Å². The number of hydrogen-bond acceptors (Lipinski definition) is 3. The van der Waals surface area contributed by atoms with Crippen molar-refractivity contribution in [3.8, 4) is 5.75 Å². The molecule has 1 aliphatic carbocycles. The minimum atomic E-state index is -0.429. The summed E-state index contributed by atoms with van der Waals surface area (Å²) in [5, 5.41) is 11.2. The fraction of sp³-hybridized carbons (Fsp3) is 0.625. The van der Waals surface area contributed by atoms with Crippen LogP contribution >= 0.6 is 11.8 Å². The Hall–Kier alpha value is -0.670. The van der Waals surface area contributed by atoms with Gasteiger partial charge in [0.1, 0.15) is 5.75 Å². The molecule has 0 radical (unpaired) electrons. The molecule has 2 rings (SSSR count). The highest BCUT2D eigenvalue weighted by Crippen LogP contribution is 2.35. The minimum absolute atomic E-state index is 0.429.